The number of nitrogens with one attached hydrogen (secondary N) is 4. The Balaban J connectivity index is 1.64. The first kappa shape index (κ1) is 30.7. The number of Topliss-reactive ketones (excluding diaryl/α,β-unsaturated/α-hetero) is 1. The van der Waals surface area contributed by atoms with Crippen LogP contribution in [0, 0.1) is 5.92 Å². The number of rotatable bonds is 13. The molecule has 0 radical (unpaired) electrons. The van der Waals surface area contributed by atoms with Crippen LogP contribution in [0.1, 0.15) is 42.3 Å². The molecule has 214 valence electrons. The molecule has 3 unspecified atom stereocenters. The van der Waals surface area contributed by atoms with Gasteiger partial charge in [0.05, 0.1) is 6.04 Å². The number of carbonyl (C=O) groups excluding carboxylic acids is 5. The summed E-state index contributed by atoms with van der Waals surface area (Å²) in [4.78, 5) is 64.6. The molecule has 0 spiro atoms. The van der Waals surface area contributed by atoms with Gasteiger partial charge < -0.3 is 21.3 Å². The minimum Gasteiger partial charge on any atom is -0.345 e. The number of carbonyl (C=O) groups is 5. The molecular weight excluding hydrogens is 520 g/mol. The maximum absolute atomic E-state index is 13.3. The highest BCUT2D eigenvalue weighted by atomic mass is 16.2. The second-order valence-corrected chi connectivity index (χ2v) is 10.1. The maximum Gasteiger partial charge on any atom is 0.289 e. The molecule has 9 nitrogen and oxygen atoms in total. The van der Waals surface area contributed by atoms with E-state index in [4.69, 9.17) is 0 Å². The summed E-state index contributed by atoms with van der Waals surface area (Å²) >= 11 is 0. The first-order valence-corrected chi connectivity index (χ1v) is 13.5. The van der Waals surface area contributed by atoms with Gasteiger partial charge in [-0.1, -0.05) is 92.7 Å². The lowest BCUT2D eigenvalue weighted by Gasteiger charge is -2.25. The van der Waals surface area contributed by atoms with E-state index in [9.17, 15) is 24.0 Å². The average Bonchev–Trinajstić information content (AvgIpc) is 2.99. The molecule has 0 aliphatic carbocycles. The molecule has 9 heteroatoms. The first-order valence-electron chi connectivity index (χ1n) is 13.5. The number of amides is 4. The monoisotopic (exact) mass is 556 g/mol. The molecule has 4 amide bonds. The van der Waals surface area contributed by atoms with Crippen molar-refractivity contribution >= 4 is 29.4 Å². The van der Waals surface area contributed by atoms with E-state index in [1.54, 1.807) is 44.2 Å². The van der Waals surface area contributed by atoms with Crippen LogP contribution in [0.3, 0.4) is 0 Å². The van der Waals surface area contributed by atoms with Crippen LogP contribution in [0.15, 0.2) is 91.0 Å². The van der Waals surface area contributed by atoms with Crippen LogP contribution >= 0.6 is 0 Å². The van der Waals surface area contributed by atoms with Crippen molar-refractivity contribution in [3.05, 3.63) is 108 Å². The van der Waals surface area contributed by atoms with E-state index in [1.165, 1.54) is 6.92 Å². The highest BCUT2D eigenvalue weighted by Crippen LogP contribution is 2.08. The Morgan fingerprint density at radius 2 is 1.17 bits per heavy atom. The molecule has 0 saturated heterocycles. The van der Waals surface area contributed by atoms with E-state index in [2.05, 4.69) is 21.3 Å². The largest absolute Gasteiger partial charge is 0.345 e. The summed E-state index contributed by atoms with van der Waals surface area (Å²) in [6.45, 7) is 5.08. The number of benzene rings is 3. The SMILES string of the molecule is CC(NC(=O)C(Cc1ccccc1)NC(=O)c1ccccc1)C(=O)NC(C(=O)C(=O)NCc1ccccc1)C(C)C. The second kappa shape index (κ2) is 15.1. The molecule has 0 fully saturated rings. The Morgan fingerprint density at radius 1 is 0.634 bits per heavy atom. The van der Waals surface area contributed by atoms with Gasteiger partial charge in [0.2, 0.25) is 17.6 Å². The molecule has 3 aromatic rings. The molecular formula is C32H36N4O5. The molecule has 0 aliphatic rings. The predicted octanol–water partition coefficient (Wildman–Crippen LogP) is 2.56. The molecule has 0 saturated carbocycles. The Hall–Kier alpha value is -4.79. The van der Waals surface area contributed by atoms with Crippen molar-refractivity contribution in [3.8, 4) is 0 Å². The van der Waals surface area contributed by atoms with E-state index in [1.807, 2.05) is 60.7 Å². The van der Waals surface area contributed by atoms with Crippen molar-refractivity contribution in [1.82, 2.24) is 21.3 Å². The lowest BCUT2D eigenvalue weighted by molar-refractivity contribution is -0.141. The van der Waals surface area contributed by atoms with Gasteiger partial charge in [-0.05, 0) is 36.1 Å². The minimum absolute atomic E-state index is 0.175. The van der Waals surface area contributed by atoms with Crippen LogP contribution in [0.5, 0.6) is 0 Å². The Labute approximate surface area is 240 Å². The molecule has 0 heterocycles. The second-order valence-electron chi connectivity index (χ2n) is 10.1. The summed E-state index contributed by atoms with van der Waals surface area (Å²) in [5.41, 5.74) is 2.05. The summed E-state index contributed by atoms with van der Waals surface area (Å²) in [6.07, 6.45) is 0.203. The van der Waals surface area contributed by atoms with Crippen LogP contribution in [0.2, 0.25) is 0 Å². The van der Waals surface area contributed by atoms with Gasteiger partial charge in [-0.25, -0.2) is 0 Å². The zero-order valence-electron chi connectivity index (χ0n) is 23.4. The molecule has 0 bridgehead atoms. The van der Waals surface area contributed by atoms with Gasteiger partial charge in [-0.3, -0.25) is 24.0 Å². The molecule has 4 N–H and O–H groups in total. The van der Waals surface area contributed by atoms with E-state index in [0.29, 0.717) is 5.56 Å². The average molecular weight is 557 g/mol. The molecule has 3 atom stereocenters. The van der Waals surface area contributed by atoms with Crippen molar-refractivity contribution in [3.63, 3.8) is 0 Å². The lowest BCUT2D eigenvalue weighted by Crippen LogP contribution is -2.57. The van der Waals surface area contributed by atoms with Crippen molar-refractivity contribution in [2.24, 2.45) is 5.92 Å². The predicted molar refractivity (Wildman–Crippen MR) is 156 cm³/mol. The normalized spacial score (nSPS) is 12.9. The molecule has 41 heavy (non-hydrogen) atoms. The summed E-state index contributed by atoms with van der Waals surface area (Å²) in [5, 5.41) is 10.6. The smallest absolute Gasteiger partial charge is 0.289 e. The van der Waals surface area contributed by atoms with Crippen LogP contribution in [-0.2, 0) is 32.1 Å². The van der Waals surface area contributed by atoms with Crippen molar-refractivity contribution < 1.29 is 24.0 Å². The number of hydrogen-bond acceptors (Lipinski definition) is 5. The standard InChI is InChI=1S/C32H36N4O5/c1-21(2)27(28(37)32(41)33-20-24-15-9-5-10-16-24)36-29(38)22(3)34-31(40)26(19-23-13-7-4-8-14-23)35-30(39)25-17-11-6-12-18-25/h4-18,21-22,26-27H,19-20H2,1-3H3,(H,33,41)(H,34,40)(H,35,39)(H,36,38). The third kappa shape index (κ3) is 9.42. The Morgan fingerprint density at radius 3 is 1.73 bits per heavy atom. The number of hydrogen-bond donors (Lipinski definition) is 4. The Kier molecular flexibility index (Phi) is 11.3. The van der Waals surface area contributed by atoms with Crippen molar-refractivity contribution in [2.75, 3.05) is 0 Å². The van der Waals surface area contributed by atoms with E-state index >= 15 is 0 Å². The zero-order valence-corrected chi connectivity index (χ0v) is 23.4. The molecule has 0 aliphatic heterocycles. The van der Waals surface area contributed by atoms with Crippen LogP contribution in [0.4, 0.5) is 0 Å². The van der Waals surface area contributed by atoms with Crippen LogP contribution < -0.4 is 21.3 Å². The van der Waals surface area contributed by atoms with Crippen LogP contribution in [0.25, 0.3) is 0 Å². The van der Waals surface area contributed by atoms with Gasteiger partial charge in [0, 0.05) is 18.5 Å². The summed E-state index contributed by atoms with van der Waals surface area (Å²) in [7, 11) is 0. The zero-order chi connectivity index (χ0) is 29.8. The van der Waals surface area contributed by atoms with Gasteiger partial charge in [-0.15, -0.1) is 0 Å². The first-order chi connectivity index (χ1) is 19.7. The third-order valence-corrected chi connectivity index (χ3v) is 6.46. The summed E-state index contributed by atoms with van der Waals surface area (Å²) in [6, 6.07) is 23.8. The van der Waals surface area contributed by atoms with E-state index in [-0.39, 0.29) is 18.9 Å². The maximum atomic E-state index is 13.3. The molecule has 3 rings (SSSR count). The van der Waals surface area contributed by atoms with Crippen molar-refractivity contribution in [1.29, 1.82) is 0 Å². The van der Waals surface area contributed by atoms with E-state index in [0.717, 1.165) is 11.1 Å². The number of ketones is 1. The van der Waals surface area contributed by atoms with Gasteiger partial charge in [0.15, 0.2) is 0 Å². The van der Waals surface area contributed by atoms with Crippen molar-refractivity contribution in [2.45, 2.75) is 51.9 Å². The third-order valence-electron chi connectivity index (χ3n) is 6.46. The van der Waals surface area contributed by atoms with Gasteiger partial charge in [0.25, 0.3) is 11.8 Å². The fraction of sp³-hybridized carbons (Fsp3) is 0.281. The summed E-state index contributed by atoms with van der Waals surface area (Å²) < 4.78 is 0. The fourth-order valence-electron chi connectivity index (χ4n) is 4.09. The summed E-state index contributed by atoms with van der Waals surface area (Å²) in [5.74, 6) is -3.59. The highest BCUT2D eigenvalue weighted by Gasteiger charge is 2.32. The topological polar surface area (TPSA) is 133 Å². The fourth-order valence-corrected chi connectivity index (χ4v) is 4.09. The van der Waals surface area contributed by atoms with Gasteiger partial charge >= 0.3 is 0 Å². The Bertz CT molecular complexity index is 1330. The van der Waals surface area contributed by atoms with Gasteiger partial charge in [-0.2, -0.15) is 0 Å². The molecule has 3 aromatic carbocycles. The minimum atomic E-state index is -1.09. The molecule has 0 aromatic heterocycles. The van der Waals surface area contributed by atoms with Gasteiger partial charge in [0.1, 0.15) is 12.1 Å². The quantitative estimate of drug-likeness (QED) is 0.240. The van der Waals surface area contributed by atoms with Crippen LogP contribution in [-0.4, -0.2) is 47.5 Å². The lowest BCUT2D eigenvalue weighted by atomic mass is 9.98. The van der Waals surface area contributed by atoms with E-state index < -0.39 is 47.5 Å². The highest BCUT2D eigenvalue weighted by molar-refractivity contribution is 6.38.